The summed E-state index contributed by atoms with van der Waals surface area (Å²) >= 11 is 1.62. The number of carbonyl (C=O) groups is 1. The van der Waals surface area contributed by atoms with Crippen LogP contribution in [0.15, 0.2) is 35.7 Å². The van der Waals surface area contributed by atoms with E-state index in [0.717, 1.165) is 17.3 Å². The zero-order chi connectivity index (χ0) is 20.4. The van der Waals surface area contributed by atoms with Crippen molar-refractivity contribution in [2.45, 2.75) is 29.4 Å². The molecule has 9 heteroatoms. The van der Waals surface area contributed by atoms with Crippen molar-refractivity contribution >= 4 is 17.7 Å². The Morgan fingerprint density at radius 3 is 2.83 bits per heavy atom. The molecule has 0 bridgehead atoms. The van der Waals surface area contributed by atoms with Crippen molar-refractivity contribution in [2.75, 3.05) is 32.8 Å². The van der Waals surface area contributed by atoms with Crippen LogP contribution in [0.3, 0.4) is 0 Å². The second kappa shape index (κ2) is 8.81. The molecule has 4 rings (SSSR count). The quantitative estimate of drug-likeness (QED) is 0.740. The average molecular weight is 423 g/mol. The number of amides is 1. The normalized spacial score (nSPS) is 22.9. The molecule has 0 aliphatic carbocycles. The monoisotopic (exact) mass is 422 g/mol. The molecule has 6 nitrogen and oxygen atoms in total. The van der Waals surface area contributed by atoms with Gasteiger partial charge >= 0.3 is 0 Å². The van der Waals surface area contributed by atoms with Gasteiger partial charge in [-0.25, -0.2) is 13.8 Å². The van der Waals surface area contributed by atoms with Gasteiger partial charge in [0.15, 0.2) is 5.16 Å². The summed E-state index contributed by atoms with van der Waals surface area (Å²) in [5.41, 5.74) is 0.271. The zero-order valence-electron chi connectivity index (χ0n) is 16.3. The lowest BCUT2D eigenvalue weighted by Gasteiger charge is -2.32. The van der Waals surface area contributed by atoms with Crippen molar-refractivity contribution in [1.29, 1.82) is 0 Å². The first kappa shape index (κ1) is 20.3. The molecule has 2 aromatic rings. The van der Waals surface area contributed by atoms with E-state index in [2.05, 4.69) is 4.98 Å². The van der Waals surface area contributed by atoms with Gasteiger partial charge in [-0.2, -0.15) is 0 Å². The first-order valence-electron chi connectivity index (χ1n) is 9.70. The summed E-state index contributed by atoms with van der Waals surface area (Å²) in [4.78, 5) is 21.3. The van der Waals surface area contributed by atoms with Crippen LogP contribution >= 0.6 is 11.8 Å². The smallest absolute Gasteiger partial charge is 0.240 e. The van der Waals surface area contributed by atoms with Crippen molar-refractivity contribution in [3.05, 3.63) is 47.8 Å². The highest BCUT2D eigenvalue weighted by atomic mass is 32.2. The lowest BCUT2D eigenvalue weighted by molar-refractivity contribution is -0.140. The molecule has 0 saturated carbocycles. The summed E-state index contributed by atoms with van der Waals surface area (Å²) in [5.74, 6) is -0.896. The summed E-state index contributed by atoms with van der Waals surface area (Å²) in [5, 5.41) is 1.02. The highest BCUT2D eigenvalue weighted by Crippen LogP contribution is 2.34. The third-order valence-corrected chi connectivity index (χ3v) is 6.68. The van der Waals surface area contributed by atoms with Gasteiger partial charge in [0.25, 0.3) is 0 Å². The zero-order valence-corrected chi connectivity index (χ0v) is 17.1. The molecule has 2 atom stereocenters. The van der Waals surface area contributed by atoms with Crippen molar-refractivity contribution in [2.24, 2.45) is 7.05 Å². The number of morpholine rings is 1. The summed E-state index contributed by atoms with van der Waals surface area (Å²) < 4.78 is 35.2. The van der Waals surface area contributed by atoms with Gasteiger partial charge in [-0.1, -0.05) is 11.8 Å². The van der Waals surface area contributed by atoms with Crippen LogP contribution in [0.25, 0.3) is 0 Å². The van der Waals surface area contributed by atoms with Gasteiger partial charge in [-0.15, -0.1) is 0 Å². The maximum atomic E-state index is 14.2. The molecular weight excluding hydrogens is 398 g/mol. The molecule has 1 amide bonds. The Morgan fingerprint density at radius 2 is 2.10 bits per heavy atom. The summed E-state index contributed by atoms with van der Waals surface area (Å²) in [6.07, 6.45) is 4.27. The van der Waals surface area contributed by atoms with E-state index in [-0.39, 0.29) is 29.3 Å². The fourth-order valence-corrected chi connectivity index (χ4v) is 5.06. The van der Waals surface area contributed by atoms with Gasteiger partial charge in [0, 0.05) is 56.4 Å². The van der Waals surface area contributed by atoms with E-state index in [1.54, 1.807) is 18.0 Å². The summed E-state index contributed by atoms with van der Waals surface area (Å²) in [6.45, 7) is 2.99. The van der Waals surface area contributed by atoms with Crippen LogP contribution in [0.5, 0.6) is 0 Å². The van der Waals surface area contributed by atoms with Crippen LogP contribution in [-0.4, -0.2) is 69.4 Å². The van der Waals surface area contributed by atoms with E-state index >= 15 is 0 Å². The van der Waals surface area contributed by atoms with Gasteiger partial charge in [-0.05, 0) is 24.6 Å². The predicted octanol–water partition coefficient (Wildman–Crippen LogP) is 2.29. The third kappa shape index (κ3) is 4.62. The van der Waals surface area contributed by atoms with Crippen LogP contribution in [-0.2, 0) is 23.1 Å². The maximum Gasteiger partial charge on any atom is 0.240 e. The Labute approximate surface area is 172 Å². The minimum absolute atomic E-state index is 0.0352. The molecule has 0 N–H and O–H groups in total. The van der Waals surface area contributed by atoms with Crippen molar-refractivity contribution in [3.63, 3.8) is 0 Å². The van der Waals surface area contributed by atoms with Crippen LogP contribution < -0.4 is 0 Å². The average Bonchev–Trinajstić information content (AvgIpc) is 3.31. The van der Waals surface area contributed by atoms with Crippen LogP contribution in [0, 0.1) is 11.6 Å². The fraction of sp³-hybridized carbons (Fsp3) is 0.500. The Morgan fingerprint density at radius 1 is 1.31 bits per heavy atom. The van der Waals surface area contributed by atoms with Gasteiger partial charge in [0.1, 0.15) is 11.6 Å². The van der Waals surface area contributed by atoms with E-state index < -0.39 is 11.6 Å². The molecule has 2 aliphatic heterocycles. The number of hydrogen-bond acceptors (Lipinski definition) is 5. The first-order chi connectivity index (χ1) is 14.0. The molecule has 156 valence electrons. The maximum absolute atomic E-state index is 14.2. The largest absolute Gasteiger partial charge is 0.378 e. The lowest BCUT2D eigenvalue weighted by Crippen LogP contribution is -2.49. The van der Waals surface area contributed by atoms with Crippen LogP contribution in [0.1, 0.15) is 12.0 Å². The number of hydrogen-bond donors (Lipinski definition) is 0. The summed E-state index contributed by atoms with van der Waals surface area (Å²) in [6, 6.07) is 3.09. The number of aryl methyl sites for hydroxylation is 1. The van der Waals surface area contributed by atoms with Gasteiger partial charge in [-0.3, -0.25) is 9.69 Å². The standard InChI is InChI=1S/C20H24F2N4O2S/c1-24-5-4-23-20(24)29-16-11-18(19(27)25-6-8-28-9-7-25)26(13-16)12-14-10-15(21)2-3-17(14)22/h2-5,10,16,18H,6-9,11-13H2,1H3/t16-,18+/m1/s1. The highest BCUT2D eigenvalue weighted by Gasteiger charge is 2.40. The number of likely N-dealkylation sites (tertiary alicyclic amines) is 1. The van der Waals surface area contributed by atoms with Crippen molar-refractivity contribution in [1.82, 2.24) is 19.4 Å². The molecule has 2 saturated heterocycles. The Kier molecular flexibility index (Phi) is 6.17. The van der Waals surface area contributed by atoms with Gasteiger partial charge in [0.2, 0.25) is 5.91 Å². The summed E-state index contributed by atoms with van der Waals surface area (Å²) in [7, 11) is 1.93. The van der Waals surface area contributed by atoms with Crippen LogP contribution in [0.4, 0.5) is 8.78 Å². The number of carbonyl (C=O) groups excluding carboxylic acids is 1. The van der Waals surface area contributed by atoms with E-state index in [0.29, 0.717) is 39.3 Å². The van der Waals surface area contributed by atoms with E-state index in [4.69, 9.17) is 4.74 Å². The Balaban J connectivity index is 1.53. The molecule has 29 heavy (non-hydrogen) atoms. The molecular formula is C20H24F2N4O2S. The minimum Gasteiger partial charge on any atom is -0.378 e. The third-order valence-electron chi connectivity index (χ3n) is 5.40. The van der Waals surface area contributed by atoms with Gasteiger partial charge in [0.05, 0.1) is 19.3 Å². The fourth-order valence-electron chi connectivity index (χ4n) is 3.87. The van der Waals surface area contributed by atoms with E-state index in [1.165, 1.54) is 6.07 Å². The number of halogens is 2. The number of benzene rings is 1. The Hall–Kier alpha value is -1.97. The minimum atomic E-state index is -0.476. The van der Waals surface area contributed by atoms with Crippen LogP contribution in [0.2, 0.25) is 0 Å². The number of ether oxygens (including phenoxy) is 1. The second-order valence-electron chi connectivity index (χ2n) is 7.41. The number of rotatable bonds is 5. The highest BCUT2D eigenvalue weighted by molar-refractivity contribution is 7.99. The van der Waals surface area contributed by atoms with E-state index in [9.17, 15) is 13.6 Å². The van der Waals surface area contributed by atoms with Crippen molar-refractivity contribution in [3.8, 4) is 0 Å². The predicted molar refractivity (Wildman–Crippen MR) is 105 cm³/mol. The lowest BCUT2D eigenvalue weighted by atomic mass is 10.1. The molecule has 1 aromatic carbocycles. The second-order valence-corrected chi connectivity index (χ2v) is 8.68. The van der Waals surface area contributed by atoms with E-state index in [1.807, 2.05) is 27.6 Å². The molecule has 2 fully saturated rings. The first-order valence-corrected chi connectivity index (χ1v) is 10.6. The van der Waals surface area contributed by atoms with Crippen molar-refractivity contribution < 1.29 is 18.3 Å². The molecule has 0 unspecified atom stereocenters. The number of thioether (sulfide) groups is 1. The molecule has 0 spiro atoms. The SMILES string of the molecule is Cn1ccnc1S[C@@H]1C[C@@H](C(=O)N2CCOCC2)N(Cc2cc(F)ccc2F)C1. The molecule has 2 aliphatic rings. The molecule has 1 aromatic heterocycles. The number of aromatic nitrogens is 2. The topological polar surface area (TPSA) is 50.6 Å². The number of imidazole rings is 1. The Bertz CT molecular complexity index is 872. The van der Waals surface area contributed by atoms with Gasteiger partial charge < -0.3 is 14.2 Å². The molecule has 3 heterocycles. The molecule has 0 radical (unpaired) electrons. The number of nitrogens with zero attached hydrogens (tertiary/aromatic N) is 4.